The van der Waals surface area contributed by atoms with Gasteiger partial charge in [0.1, 0.15) is 0 Å². The topological polar surface area (TPSA) is 38.3 Å². The quantitative estimate of drug-likeness (QED) is 0.917. The van der Waals surface area contributed by atoms with Crippen molar-refractivity contribution < 1.29 is 9.53 Å². The summed E-state index contributed by atoms with van der Waals surface area (Å²) in [7, 11) is 0. The number of hydrogen-bond acceptors (Lipinski definition) is 2. The number of carbonyl (C=O) groups excluding carboxylic acids is 1. The zero-order valence-corrected chi connectivity index (χ0v) is 12.7. The van der Waals surface area contributed by atoms with Gasteiger partial charge in [0.2, 0.25) is 5.91 Å². The van der Waals surface area contributed by atoms with Crippen molar-refractivity contribution in [2.45, 2.75) is 45.1 Å². The van der Waals surface area contributed by atoms with E-state index in [4.69, 9.17) is 4.74 Å². The van der Waals surface area contributed by atoms with Gasteiger partial charge in [-0.05, 0) is 31.2 Å². The lowest BCUT2D eigenvalue weighted by Gasteiger charge is -2.37. The van der Waals surface area contributed by atoms with E-state index in [9.17, 15) is 4.79 Å². The van der Waals surface area contributed by atoms with Crippen molar-refractivity contribution in [1.82, 2.24) is 5.32 Å². The number of hydrogen-bond donors (Lipinski definition) is 1. The summed E-state index contributed by atoms with van der Waals surface area (Å²) in [5.41, 5.74) is 0.680. The second-order valence-corrected chi connectivity index (χ2v) is 6.07. The maximum Gasteiger partial charge on any atom is 0.231 e. The second kappa shape index (κ2) is 6.40. The van der Waals surface area contributed by atoms with E-state index in [-0.39, 0.29) is 11.9 Å². The van der Waals surface area contributed by atoms with Crippen LogP contribution in [0.2, 0.25) is 0 Å². The summed E-state index contributed by atoms with van der Waals surface area (Å²) in [6.07, 6.45) is 1.52. The molecule has 1 aliphatic rings. The Hall–Kier alpha value is -1.35. The van der Waals surface area contributed by atoms with E-state index in [2.05, 4.69) is 38.2 Å². The predicted octanol–water partition coefficient (Wildman–Crippen LogP) is 2.90. The fraction of sp³-hybridized carbons (Fsp3) is 0.588. The predicted molar refractivity (Wildman–Crippen MR) is 80.6 cm³/mol. The molecule has 0 bridgehead atoms. The van der Waals surface area contributed by atoms with E-state index in [1.54, 1.807) is 0 Å². The van der Waals surface area contributed by atoms with Crippen LogP contribution < -0.4 is 5.32 Å². The Morgan fingerprint density at radius 1 is 1.15 bits per heavy atom. The van der Waals surface area contributed by atoms with Gasteiger partial charge < -0.3 is 10.1 Å². The third-order valence-corrected chi connectivity index (χ3v) is 4.47. The van der Waals surface area contributed by atoms with E-state index in [1.165, 1.54) is 0 Å². The average molecular weight is 275 g/mol. The molecule has 1 saturated heterocycles. The lowest BCUT2D eigenvalue weighted by Crippen LogP contribution is -2.51. The Kier molecular flexibility index (Phi) is 4.81. The molecule has 0 radical (unpaired) electrons. The lowest BCUT2D eigenvalue weighted by molar-refractivity contribution is -0.131. The highest BCUT2D eigenvalue weighted by molar-refractivity contribution is 5.88. The zero-order chi connectivity index (χ0) is 14.6. The minimum Gasteiger partial charge on any atom is -0.381 e. The first kappa shape index (κ1) is 15.0. The van der Waals surface area contributed by atoms with Crippen LogP contribution in [0.3, 0.4) is 0 Å². The molecule has 0 aliphatic carbocycles. The zero-order valence-electron chi connectivity index (χ0n) is 12.7. The summed E-state index contributed by atoms with van der Waals surface area (Å²) >= 11 is 0. The van der Waals surface area contributed by atoms with Crippen LogP contribution in [0.5, 0.6) is 0 Å². The molecule has 1 aromatic rings. The van der Waals surface area contributed by atoms with Crippen LogP contribution in [0.25, 0.3) is 0 Å². The SMILES string of the molecule is CC(C)[C@@H](C)NC(=O)C1(c2ccccc2)CCOCC1. The monoisotopic (exact) mass is 275 g/mol. The summed E-state index contributed by atoms with van der Waals surface area (Å²) in [5, 5.41) is 3.19. The van der Waals surface area contributed by atoms with Crippen molar-refractivity contribution >= 4 is 5.91 Å². The Morgan fingerprint density at radius 2 is 1.75 bits per heavy atom. The molecule has 0 saturated carbocycles. The van der Waals surface area contributed by atoms with Gasteiger partial charge in [-0.25, -0.2) is 0 Å². The van der Waals surface area contributed by atoms with Crippen molar-refractivity contribution in [3.63, 3.8) is 0 Å². The summed E-state index contributed by atoms with van der Waals surface area (Å²) in [6, 6.07) is 10.3. The minimum absolute atomic E-state index is 0.146. The Labute approximate surface area is 121 Å². The molecule has 110 valence electrons. The molecule has 1 amide bonds. The molecule has 0 spiro atoms. The molecule has 1 heterocycles. The highest BCUT2D eigenvalue weighted by Crippen LogP contribution is 2.35. The van der Waals surface area contributed by atoms with Crippen LogP contribution in [0.1, 0.15) is 39.2 Å². The van der Waals surface area contributed by atoms with Crippen molar-refractivity contribution in [2.75, 3.05) is 13.2 Å². The van der Waals surface area contributed by atoms with Crippen LogP contribution in [-0.2, 0) is 14.9 Å². The van der Waals surface area contributed by atoms with Crippen molar-refractivity contribution in [3.05, 3.63) is 35.9 Å². The maximum absolute atomic E-state index is 12.9. The third-order valence-electron chi connectivity index (χ3n) is 4.47. The van der Waals surface area contributed by atoms with Gasteiger partial charge in [-0.3, -0.25) is 4.79 Å². The number of rotatable bonds is 4. The molecule has 3 nitrogen and oxygen atoms in total. The molecule has 1 atom stereocenters. The first-order chi connectivity index (χ1) is 9.56. The van der Waals surface area contributed by atoms with Gasteiger partial charge in [-0.15, -0.1) is 0 Å². The number of ether oxygens (including phenoxy) is 1. The van der Waals surface area contributed by atoms with E-state index < -0.39 is 5.41 Å². The summed E-state index contributed by atoms with van der Waals surface area (Å²) in [6.45, 7) is 7.63. The fourth-order valence-electron chi connectivity index (χ4n) is 2.64. The molecule has 2 rings (SSSR count). The van der Waals surface area contributed by atoms with Crippen molar-refractivity contribution in [2.24, 2.45) is 5.92 Å². The minimum atomic E-state index is -0.428. The molecule has 20 heavy (non-hydrogen) atoms. The van der Waals surface area contributed by atoms with Gasteiger partial charge in [-0.2, -0.15) is 0 Å². The van der Waals surface area contributed by atoms with Crippen molar-refractivity contribution in [1.29, 1.82) is 0 Å². The Morgan fingerprint density at radius 3 is 2.30 bits per heavy atom. The van der Waals surface area contributed by atoms with Crippen LogP contribution >= 0.6 is 0 Å². The molecule has 1 aromatic carbocycles. The first-order valence-corrected chi connectivity index (χ1v) is 7.50. The Bertz CT molecular complexity index is 436. The fourth-order valence-corrected chi connectivity index (χ4v) is 2.64. The third kappa shape index (κ3) is 3.04. The maximum atomic E-state index is 12.9. The van der Waals surface area contributed by atoms with E-state index in [1.807, 2.05) is 18.2 Å². The second-order valence-electron chi connectivity index (χ2n) is 6.07. The normalized spacial score (nSPS) is 19.6. The van der Waals surface area contributed by atoms with Gasteiger partial charge in [0.25, 0.3) is 0 Å². The van der Waals surface area contributed by atoms with Gasteiger partial charge >= 0.3 is 0 Å². The van der Waals surface area contributed by atoms with Gasteiger partial charge in [0, 0.05) is 19.3 Å². The molecule has 0 unspecified atom stereocenters. The van der Waals surface area contributed by atoms with Gasteiger partial charge in [-0.1, -0.05) is 44.2 Å². The number of nitrogens with one attached hydrogen (secondary N) is 1. The van der Waals surface area contributed by atoms with Crippen molar-refractivity contribution in [3.8, 4) is 0 Å². The van der Waals surface area contributed by atoms with E-state index in [0.717, 1.165) is 18.4 Å². The molecular weight excluding hydrogens is 250 g/mol. The molecule has 1 fully saturated rings. The summed E-state index contributed by atoms with van der Waals surface area (Å²) in [4.78, 5) is 12.9. The first-order valence-electron chi connectivity index (χ1n) is 7.50. The highest BCUT2D eigenvalue weighted by atomic mass is 16.5. The molecule has 0 aromatic heterocycles. The van der Waals surface area contributed by atoms with Crippen LogP contribution in [0.4, 0.5) is 0 Å². The number of benzene rings is 1. The largest absolute Gasteiger partial charge is 0.381 e. The number of amides is 1. The standard InChI is InChI=1S/C17H25NO2/c1-13(2)14(3)18-16(19)17(9-11-20-12-10-17)15-7-5-4-6-8-15/h4-8,13-14H,9-12H2,1-3H3,(H,18,19)/t14-/m1/s1. The van der Waals surface area contributed by atoms with E-state index >= 15 is 0 Å². The number of carbonyl (C=O) groups is 1. The van der Waals surface area contributed by atoms with Gasteiger partial charge in [0.15, 0.2) is 0 Å². The summed E-state index contributed by atoms with van der Waals surface area (Å²) < 4.78 is 5.47. The average Bonchev–Trinajstić information content (AvgIpc) is 2.48. The Balaban J connectivity index is 2.26. The summed E-state index contributed by atoms with van der Waals surface area (Å²) in [5.74, 6) is 0.583. The van der Waals surface area contributed by atoms with E-state index in [0.29, 0.717) is 19.1 Å². The lowest BCUT2D eigenvalue weighted by atomic mass is 9.73. The van der Waals surface area contributed by atoms with Gasteiger partial charge in [0.05, 0.1) is 5.41 Å². The molecule has 1 aliphatic heterocycles. The van der Waals surface area contributed by atoms with Crippen LogP contribution in [0, 0.1) is 5.92 Å². The highest BCUT2D eigenvalue weighted by Gasteiger charge is 2.42. The molecule has 1 N–H and O–H groups in total. The molecular formula is C17H25NO2. The van der Waals surface area contributed by atoms with Crippen LogP contribution in [-0.4, -0.2) is 25.2 Å². The smallest absolute Gasteiger partial charge is 0.231 e. The van der Waals surface area contributed by atoms with Crippen LogP contribution in [0.15, 0.2) is 30.3 Å². The molecule has 3 heteroatoms.